The Hall–Kier alpha value is -2.22. The standard InChI is InChI=1S/C18H20N2/c1-12-10-13(2)17(14(3)11-12)18(15-6-4-8-19-15)16-7-5-9-20-16/h4-11,18-20H,1-3H3. The summed E-state index contributed by atoms with van der Waals surface area (Å²) in [5.41, 5.74) is 7.85. The maximum absolute atomic E-state index is 3.37. The van der Waals surface area contributed by atoms with Crippen molar-refractivity contribution in [1.82, 2.24) is 9.97 Å². The molecule has 0 aliphatic heterocycles. The molecule has 2 heterocycles. The molecule has 0 radical (unpaired) electrons. The first-order chi connectivity index (χ1) is 9.66. The Morgan fingerprint density at radius 2 is 1.30 bits per heavy atom. The van der Waals surface area contributed by atoms with Gasteiger partial charge in [-0.25, -0.2) is 0 Å². The summed E-state index contributed by atoms with van der Waals surface area (Å²) < 4.78 is 0. The molecule has 102 valence electrons. The predicted octanol–water partition coefficient (Wildman–Crippen LogP) is 4.45. The minimum absolute atomic E-state index is 0.237. The molecule has 0 unspecified atom stereocenters. The summed E-state index contributed by atoms with van der Waals surface area (Å²) in [5, 5.41) is 0. The minimum atomic E-state index is 0.237. The zero-order valence-electron chi connectivity index (χ0n) is 12.2. The molecule has 0 amide bonds. The Morgan fingerprint density at radius 3 is 1.70 bits per heavy atom. The van der Waals surface area contributed by atoms with E-state index in [2.05, 4.69) is 67.1 Å². The van der Waals surface area contributed by atoms with E-state index in [0.29, 0.717) is 0 Å². The van der Waals surface area contributed by atoms with Crippen molar-refractivity contribution in [3.05, 3.63) is 82.4 Å². The number of nitrogens with one attached hydrogen (secondary N) is 2. The highest BCUT2D eigenvalue weighted by Crippen LogP contribution is 2.34. The lowest BCUT2D eigenvalue weighted by molar-refractivity contribution is 0.877. The van der Waals surface area contributed by atoms with Crippen molar-refractivity contribution < 1.29 is 0 Å². The molecule has 0 saturated heterocycles. The van der Waals surface area contributed by atoms with Gasteiger partial charge in [-0.15, -0.1) is 0 Å². The molecule has 0 bridgehead atoms. The van der Waals surface area contributed by atoms with E-state index in [9.17, 15) is 0 Å². The summed E-state index contributed by atoms with van der Waals surface area (Å²) in [6, 6.07) is 13.0. The molecule has 3 aromatic rings. The molecule has 2 heteroatoms. The van der Waals surface area contributed by atoms with E-state index in [1.54, 1.807) is 0 Å². The molecule has 0 atom stereocenters. The highest BCUT2D eigenvalue weighted by atomic mass is 14.7. The Bertz CT molecular complexity index is 634. The number of benzene rings is 1. The number of hydrogen-bond donors (Lipinski definition) is 2. The van der Waals surface area contributed by atoms with E-state index in [4.69, 9.17) is 0 Å². The fraction of sp³-hybridized carbons (Fsp3) is 0.222. The first kappa shape index (κ1) is 12.8. The summed E-state index contributed by atoms with van der Waals surface area (Å²) in [5.74, 6) is 0.237. The van der Waals surface area contributed by atoms with Gasteiger partial charge in [0, 0.05) is 23.8 Å². The SMILES string of the molecule is Cc1cc(C)c(C(c2ccc[nH]2)c2ccc[nH]2)c(C)c1. The lowest BCUT2D eigenvalue weighted by Gasteiger charge is -2.21. The van der Waals surface area contributed by atoms with Gasteiger partial charge in [-0.1, -0.05) is 17.7 Å². The van der Waals surface area contributed by atoms with Crippen LogP contribution in [0.4, 0.5) is 0 Å². The molecule has 0 aliphatic rings. The van der Waals surface area contributed by atoms with Crippen molar-refractivity contribution in [2.45, 2.75) is 26.7 Å². The Morgan fingerprint density at radius 1 is 0.800 bits per heavy atom. The van der Waals surface area contributed by atoms with Gasteiger partial charge >= 0.3 is 0 Å². The van der Waals surface area contributed by atoms with E-state index >= 15 is 0 Å². The van der Waals surface area contributed by atoms with E-state index in [1.165, 1.54) is 33.6 Å². The summed E-state index contributed by atoms with van der Waals surface area (Å²) in [6.45, 7) is 6.56. The van der Waals surface area contributed by atoms with E-state index < -0.39 is 0 Å². The van der Waals surface area contributed by atoms with Crippen molar-refractivity contribution in [2.24, 2.45) is 0 Å². The monoisotopic (exact) mass is 264 g/mol. The smallest absolute Gasteiger partial charge is 0.0646 e. The zero-order chi connectivity index (χ0) is 14.1. The third-order valence-electron chi connectivity index (χ3n) is 3.89. The Labute approximate surface area is 119 Å². The average molecular weight is 264 g/mol. The van der Waals surface area contributed by atoms with Gasteiger partial charge < -0.3 is 9.97 Å². The van der Waals surface area contributed by atoms with Crippen LogP contribution < -0.4 is 0 Å². The second-order valence-corrected chi connectivity index (χ2v) is 5.50. The van der Waals surface area contributed by atoms with Crippen molar-refractivity contribution in [2.75, 3.05) is 0 Å². The number of aromatic amines is 2. The quantitative estimate of drug-likeness (QED) is 0.700. The minimum Gasteiger partial charge on any atom is -0.364 e. The van der Waals surface area contributed by atoms with Gasteiger partial charge in [0.1, 0.15) is 0 Å². The van der Waals surface area contributed by atoms with Crippen LogP contribution in [-0.4, -0.2) is 9.97 Å². The molecule has 2 aromatic heterocycles. The van der Waals surface area contributed by atoms with Gasteiger partial charge in [-0.05, 0) is 61.7 Å². The van der Waals surface area contributed by atoms with Gasteiger partial charge in [0.15, 0.2) is 0 Å². The van der Waals surface area contributed by atoms with Gasteiger partial charge in [0.2, 0.25) is 0 Å². The van der Waals surface area contributed by atoms with E-state index in [-0.39, 0.29) is 5.92 Å². The fourth-order valence-corrected chi connectivity index (χ4v) is 3.17. The highest BCUT2D eigenvalue weighted by Gasteiger charge is 2.22. The number of rotatable bonds is 3. The maximum atomic E-state index is 3.37. The first-order valence-corrected chi connectivity index (χ1v) is 7.01. The van der Waals surface area contributed by atoms with Crippen LogP contribution in [0.1, 0.15) is 39.6 Å². The van der Waals surface area contributed by atoms with E-state index in [0.717, 1.165) is 0 Å². The molecule has 0 spiro atoms. The fourth-order valence-electron chi connectivity index (χ4n) is 3.17. The van der Waals surface area contributed by atoms with Gasteiger partial charge in [-0.3, -0.25) is 0 Å². The maximum Gasteiger partial charge on any atom is 0.0646 e. The van der Waals surface area contributed by atoms with Crippen molar-refractivity contribution in [3.8, 4) is 0 Å². The summed E-state index contributed by atoms with van der Waals surface area (Å²) in [7, 11) is 0. The molecule has 0 aliphatic carbocycles. The molecule has 1 aromatic carbocycles. The molecular weight excluding hydrogens is 244 g/mol. The van der Waals surface area contributed by atoms with E-state index in [1.807, 2.05) is 12.4 Å². The predicted molar refractivity (Wildman–Crippen MR) is 83.2 cm³/mol. The largest absolute Gasteiger partial charge is 0.364 e. The molecule has 20 heavy (non-hydrogen) atoms. The number of H-pyrrole nitrogens is 2. The van der Waals surface area contributed by atoms with Crippen molar-refractivity contribution >= 4 is 0 Å². The Balaban J connectivity index is 2.21. The lowest BCUT2D eigenvalue weighted by atomic mass is 9.85. The van der Waals surface area contributed by atoms with Crippen LogP contribution in [0.15, 0.2) is 48.8 Å². The Kier molecular flexibility index (Phi) is 3.23. The summed E-state index contributed by atoms with van der Waals surface area (Å²) in [4.78, 5) is 6.75. The van der Waals surface area contributed by atoms with Crippen LogP contribution in [0.5, 0.6) is 0 Å². The number of aryl methyl sites for hydroxylation is 3. The summed E-state index contributed by atoms with van der Waals surface area (Å²) >= 11 is 0. The van der Waals surface area contributed by atoms with Gasteiger partial charge in [0.25, 0.3) is 0 Å². The molecule has 2 N–H and O–H groups in total. The van der Waals surface area contributed by atoms with Gasteiger partial charge in [-0.2, -0.15) is 0 Å². The third-order valence-corrected chi connectivity index (χ3v) is 3.89. The molecule has 2 nitrogen and oxygen atoms in total. The number of hydrogen-bond acceptors (Lipinski definition) is 0. The van der Waals surface area contributed by atoms with Crippen LogP contribution in [0.3, 0.4) is 0 Å². The van der Waals surface area contributed by atoms with Crippen LogP contribution in [0.2, 0.25) is 0 Å². The second kappa shape index (κ2) is 5.04. The van der Waals surface area contributed by atoms with Gasteiger partial charge in [0.05, 0.1) is 5.92 Å². The highest BCUT2D eigenvalue weighted by molar-refractivity contribution is 5.47. The molecule has 3 rings (SSSR count). The second-order valence-electron chi connectivity index (χ2n) is 5.50. The zero-order valence-corrected chi connectivity index (χ0v) is 12.2. The topological polar surface area (TPSA) is 31.6 Å². The molecular formula is C18H20N2. The lowest BCUT2D eigenvalue weighted by Crippen LogP contribution is -2.08. The molecule has 0 saturated carbocycles. The van der Waals surface area contributed by atoms with Crippen LogP contribution in [0.25, 0.3) is 0 Å². The van der Waals surface area contributed by atoms with Crippen molar-refractivity contribution in [3.63, 3.8) is 0 Å². The summed E-state index contributed by atoms with van der Waals surface area (Å²) in [6.07, 6.45) is 3.98. The first-order valence-electron chi connectivity index (χ1n) is 7.01. The molecule has 0 fully saturated rings. The van der Waals surface area contributed by atoms with Crippen LogP contribution in [-0.2, 0) is 0 Å². The van der Waals surface area contributed by atoms with Crippen LogP contribution in [0, 0.1) is 20.8 Å². The van der Waals surface area contributed by atoms with Crippen molar-refractivity contribution in [1.29, 1.82) is 0 Å². The average Bonchev–Trinajstić information content (AvgIpc) is 3.07. The normalized spacial score (nSPS) is 11.2. The van der Waals surface area contributed by atoms with Crippen LogP contribution >= 0.6 is 0 Å². The number of aromatic nitrogens is 2. The third kappa shape index (κ3) is 2.18.